The fraction of sp³-hybridized carbons (Fsp3) is 0.462. The van der Waals surface area contributed by atoms with E-state index in [0.717, 1.165) is 6.42 Å². The lowest BCUT2D eigenvalue weighted by molar-refractivity contribution is 0.0785. The summed E-state index contributed by atoms with van der Waals surface area (Å²) in [5.74, 6) is -0.293. The number of nitrogens with zero attached hydrogens (tertiary/aromatic N) is 1. The molecule has 1 amide bonds. The molecule has 1 heterocycles. The molecule has 18 heavy (non-hydrogen) atoms. The first kappa shape index (κ1) is 12.7. The number of phenols is 2. The third kappa shape index (κ3) is 2.41. The minimum Gasteiger partial charge on any atom is -0.504 e. The lowest BCUT2D eigenvalue weighted by atomic mass is 10.0. The van der Waals surface area contributed by atoms with Gasteiger partial charge in [-0.05, 0) is 37.5 Å². The van der Waals surface area contributed by atoms with Gasteiger partial charge in [-0.3, -0.25) is 4.79 Å². The molecule has 0 bridgehead atoms. The minimum atomic E-state index is -0.274. The van der Waals surface area contributed by atoms with Gasteiger partial charge in [0.15, 0.2) is 11.5 Å². The molecule has 0 aromatic heterocycles. The van der Waals surface area contributed by atoms with Crippen molar-refractivity contribution in [3.8, 4) is 11.5 Å². The maximum absolute atomic E-state index is 12.2. The van der Waals surface area contributed by atoms with E-state index >= 15 is 0 Å². The Kier molecular flexibility index (Phi) is 3.43. The van der Waals surface area contributed by atoms with Crippen molar-refractivity contribution in [2.75, 3.05) is 13.1 Å². The first-order valence-corrected chi connectivity index (χ1v) is 6.06. The molecule has 4 N–H and O–H groups in total. The molecule has 1 aromatic rings. The summed E-state index contributed by atoms with van der Waals surface area (Å²) in [5.41, 5.74) is 6.22. The van der Waals surface area contributed by atoms with E-state index in [1.807, 2.05) is 6.92 Å². The third-order valence-corrected chi connectivity index (χ3v) is 3.48. The zero-order valence-corrected chi connectivity index (χ0v) is 10.3. The SMILES string of the molecule is CC(N)C1CCN(C(=O)c2ccc(O)c(O)c2)C1. The number of benzene rings is 1. The van der Waals surface area contributed by atoms with Crippen LogP contribution in [0.15, 0.2) is 18.2 Å². The number of rotatable bonds is 2. The lowest BCUT2D eigenvalue weighted by Gasteiger charge is -2.18. The number of carbonyl (C=O) groups excluding carboxylic acids is 1. The van der Waals surface area contributed by atoms with Gasteiger partial charge in [0.05, 0.1) is 0 Å². The molecule has 1 aliphatic rings. The Labute approximate surface area is 106 Å². The Morgan fingerprint density at radius 2 is 2.17 bits per heavy atom. The van der Waals surface area contributed by atoms with Crippen LogP contribution in [0.3, 0.4) is 0 Å². The average Bonchev–Trinajstić information content (AvgIpc) is 2.81. The molecule has 0 spiro atoms. The molecule has 2 unspecified atom stereocenters. The largest absolute Gasteiger partial charge is 0.504 e. The van der Waals surface area contributed by atoms with Crippen molar-refractivity contribution in [3.05, 3.63) is 23.8 Å². The Hall–Kier alpha value is -1.75. The monoisotopic (exact) mass is 250 g/mol. The van der Waals surface area contributed by atoms with Gasteiger partial charge >= 0.3 is 0 Å². The van der Waals surface area contributed by atoms with Crippen molar-refractivity contribution in [2.24, 2.45) is 11.7 Å². The molecule has 0 aliphatic carbocycles. The number of aromatic hydroxyl groups is 2. The van der Waals surface area contributed by atoms with E-state index < -0.39 is 0 Å². The van der Waals surface area contributed by atoms with Crippen LogP contribution in [0.1, 0.15) is 23.7 Å². The van der Waals surface area contributed by atoms with Gasteiger partial charge in [0.1, 0.15) is 0 Å². The predicted molar refractivity (Wildman–Crippen MR) is 67.4 cm³/mol. The second kappa shape index (κ2) is 4.86. The van der Waals surface area contributed by atoms with Gasteiger partial charge in [0.2, 0.25) is 0 Å². The van der Waals surface area contributed by atoms with Crippen LogP contribution in [-0.2, 0) is 0 Å². The number of amides is 1. The lowest BCUT2D eigenvalue weighted by Crippen LogP contribution is -2.32. The summed E-state index contributed by atoms with van der Waals surface area (Å²) in [5, 5.41) is 18.6. The quantitative estimate of drug-likeness (QED) is 0.681. The maximum atomic E-state index is 12.2. The highest BCUT2D eigenvalue weighted by atomic mass is 16.3. The second-order valence-electron chi connectivity index (χ2n) is 4.86. The van der Waals surface area contributed by atoms with Crippen LogP contribution in [0.5, 0.6) is 11.5 Å². The van der Waals surface area contributed by atoms with Gasteiger partial charge in [-0.2, -0.15) is 0 Å². The molecule has 1 saturated heterocycles. The summed E-state index contributed by atoms with van der Waals surface area (Å²) in [7, 11) is 0. The van der Waals surface area contributed by atoms with Crippen LogP contribution in [0.25, 0.3) is 0 Å². The Bertz CT molecular complexity index is 460. The van der Waals surface area contributed by atoms with Gasteiger partial charge in [0, 0.05) is 24.7 Å². The number of phenolic OH excluding ortho intramolecular Hbond substituents is 2. The van der Waals surface area contributed by atoms with Crippen LogP contribution in [-0.4, -0.2) is 40.2 Å². The molecule has 2 rings (SSSR count). The van der Waals surface area contributed by atoms with Crippen molar-refractivity contribution < 1.29 is 15.0 Å². The van der Waals surface area contributed by atoms with Gasteiger partial charge in [-0.1, -0.05) is 0 Å². The molecule has 2 atom stereocenters. The Balaban J connectivity index is 2.10. The van der Waals surface area contributed by atoms with Crippen LogP contribution >= 0.6 is 0 Å². The first-order valence-electron chi connectivity index (χ1n) is 6.06. The van der Waals surface area contributed by atoms with Crippen LogP contribution < -0.4 is 5.73 Å². The average molecular weight is 250 g/mol. The molecule has 0 saturated carbocycles. The van der Waals surface area contributed by atoms with E-state index in [1.54, 1.807) is 4.90 Å². The van der Waals surface area contributed by atoms with Crippen LogP contribution in [0.4, 0.5) is 0 Å². The Morgan fingerprint density at radius 3 is 2.72 bits per heavy atom. The zero-order chi connectivity index (χ0) is 13.3. The van der Waals surface area contributed by atoms with Crippen LogP contribution in [0.2, 0.25) is 0 Å². The smallest absolute Gasteiger partial charge is 0.254 e. The van der Waals surface area contributed by atoms with Gasteiger partial charge in [-0.25, -0.2) is 0 Å². The fourth-order valence-electron chi connectivity index (χ4n) is 2.24. The molecule has 98 valence electrons. The maximum Gasteiger partial charge on any atom is 0.254 e. The normalized spacial score (nSPS) is 21.0. The third-order valence-electron chi connectivity index (χ3n) is 3.48. The van der Waals surface area contributed by atoms with Crippen molar-refractivity contribution in [3.63, 3.8) is 0 Å². The standard InChI is InChI=1S/C13H18N2O3/c1-8(14)10-4-5-15(7-10)13(18)9-2-3-11(16)12(17)6-9/h2-3,6,8,10,16-17H,4-5,7,14H2,1H3. The highest BCUT2D eigenvalue weighted by Crippen LogP contribution is 2.27. The van der Waals surface area contributed by atoms with Crippen molar-refractivity contribution in [1.29, 1.82) is 0 Å². The molecule has 5 heteroatoms. The van der Waals surface area contributed by atoms with E-state index in [-0.39, 0.29) is 23.4 Å². The Morgan fingerprint density at radius 1 is 1.44 bits per heavy atom. The van der Waals surface area contributed by atoms with Gasteiger partial charge in [-0.15, -0.1) is 0 Å². The molecule has 1 fully saturated rings. The summed E-state index contributed by atoms with van der Waals surface area (Å²) >= 11 is 0. The number of hydrogen-bond acceptors (Lipinski definition) is 4. The van der Waals surface area contributed by atoms with Crippen LogP contribution in [0, 0.1) is 5.92 Å². The van der Waals surface area contributed by atoms with E-state index in [2.05, 4.69) is 0 Å². The van der Waals surface area contributed by atoms with Gasteiger partial charge < -0.3 is 20.8 Å². The molecule has 0 radical (unpaired) electrons. The number of likely N-dealkylation sites (tertiary alicyclic amines) is 1. The first-order chi connectivity index (χ1) is 8.49. The topological polar surface area (TPSA) is 86.8 Å². The number of carbonyl (C=O) groups is 1. The zero-order valence-electron chi connectivity index (χ0n) is 10.3. The van der Waals surface area contributed by atoms with Crippen molar-refractivity contribution >= 4 is 5.91 Å². The summed E-state index contributed by atoms with van der Waals surface area (Å²) < 4.78 is 0. The molecule has 1 aromatic carbocycles. The number of hydrogen-bond donors (Lipinski definition) is 3. The summed E-state index contributed by atoms with van der Waals surface area (Å²) in [6.07, 6.45) is 0.910. The van der Waals surface area contributed by atoms with E-state index in [0.29, 0.717) is 24.6 Å². The minimum absolute atomic E-state index is 0.0796. The summed E-state index contributed by atoms with van der Waals surface area (Å²) in [4.78, 5) is 13.9. The van der Waals surface area contributed by atoms with E-state index in [4.69, 9.17) is 5.73 Å². The van der Waals surface area contributed by atoms with E-state index in [1.165, 1.54) is 18.2 Å². The molecule has 1 aliphatic heterocycles. The summed E-state index contributed by atoms with van der Waals surface area (Å²) in [6.45, 7) is 3.29. The fourth-order valence-corrected chi connectivity index (χ4v) is 2.24. The highest BCUT2D eigenvalue weighted by Gasteiger charge is 2.29. The highest BCUT2D eigenvalue weighted by molar-refractivity contribution is 5.95. The van der Waals surface area contributed by atoms with Crippen molar-refractivity contribution in [1.82, 2.24) is 4.90 Å². The molecule has 5 nitrogen and oxygen atoms in total. The summed E-state index contributed by atoms with van der Waals surface area (Å²) in [6, 6.07) is 4.20. The molecular weight excluding hydrogens is 232 g/mol. The molecular formula is C13H18N2O3. The van der Waals surface area contributed by atoms with Gasteiger partial charge in [0.25, 0.3) is 5.91 Å². The second-order valence-corrected chi connectivity index (χ2v) is 4.86. The van der Waals surface area contributed by atoms with Crippen molar-refractivity contribution in [2.45, 2.75) is 19.4 Å². The van der Waals surface area contributed by atoms with E-state index in [9.17, 15) is 15.0 Å². The predicted octanol–water partition coefficient (Wildman–Crippen LogP) is 0.907. The number of nitrogens with two attached hydrogens (primary N) is 1.